The van der Waals surface area contributed by atoms with E-state index in [1.165, 1.54) is 48.5 Å². The number of hydrogen-bond donors (Lipinski definition) is 2. The van der Waals surface area contributed by atoms with Gasteiger partial charge in [0.15, 0.2) is 6.61 Å². The first-order valence-electron chi connectivity index (χ1n) is 8.86. The van der Waals surface area contributed by atoms with Crippen LogP contribution in [0.25, 0.3) is 0 Å². The molecule has 2 amide bonds. The lowest BCUT2D eigenvalue weighted by molar-refractivity contribution is -0.384. The SMILES string of the molecule is O=C(COc1ccc([N+](=O)[O-])cc1Cl)Nc1ccccc1C(=O)Nc1ccc(F)cc1. The summed E-state index contributed by atoms with van der Waals surface area (Å²) in [4.78, 5) is 35.0. The van der Waals surface area contributed by atoms with Gasteiger partial charge in [-0.05, 0) is 42.5 Å². The quantitative estimate of drug-likeness (QED) is 0.407. The number of nitrogens with zero attached hydrogens (tertiary/aromatic N) is 1. The van der Waals surface area contributed by atoms with E-state index >= 15 is 0 Å². The molecule has 31 heavy (non-hydrogen) atoms. The Morgan fingerprint density at radius 2 is 1.74 bits per heavy atom. The highest BCUT2D eigenvalue weighted by molar-refractivity contribution is 6.32. The van der Waals surface area contributed by atoms with Crippen LogP contribution in [0.3, 0.4) is 0 Å². The Kier molecular flexibility index (Phi) is 6.78. The molecule has 10 heteroatoms. The van der Waals surface area contributed by atoms with Crippen molar-refractivity contribution in [2.75, 3.05) is 17.2 Å². The van der Waals surface area contributed by atoms with Crippen LogP contribution < -0.4 is 15.4 Å². The number of anilines is 2. The number of carbonyl (C=O) groups excluding carboxylic acids is 2. The zero-order valence-electron chi connectivity index (χ0n) is 15.8. The van der Waals surface area contributed by atoms with Gasteiger partial charge in [-0.25, -0.2) is 4.39 Å². The number of non-ortho nitro benzene ring substituents is 1. The maximum absolute atomic E-state index is 13.0. The van der Waals surface area contributed by atoms with Gasteiger partial charge < -0.3 is 15.4 Å². The Morgan fingerprint density at radius 3 is 2.42 bits per heavy atom. The van der Waals surface area contributed by atoms with E-state index in [4.69, 9.17) is 16.3 Å². The van der Waals surface area contributed by atoms with Crippen LogP contribution in [0.2, 0.25) is 5.02 Å². The number of rotatable bonds is 7. The van der Waals surface area contributed by atoms with Gasteiger partial charge in [0, 0.05) is 17.8 Å². The number of amides is 2. The second kappa shape index (κ2) is 9.68. The molecule has 0 fully saturated rings. The molecular weight excluding hydrogens is 429 g/mol. The Labute approximate surface area is 180 Å². The molecule has 0 bridgehead atoms. The number of hydrogen-bond acceptors (Lipinski definition) is 5. The molecule has 3 aromatic carbocycles. The van der Waals surface area contributed by atoms with Crippen molar-refractivity contribution in [1.29, 1.82) is 0 Å². The monoisotopic (exact) mass is 443 g/mol. The average Bonchev–Trinajstić information content (AvgIpc) is 2.74. The lowest BCUT2D eigenvalue weighted by atomic mass is 10.1. The van der Waals surface area contributed by atoms with Crippen molar-refractivity contribution in [3.63, 3.8) is 0 Å². The Morgan fingerprint density at radius 1 is 1.03 bits per heavy atom. The van der Waals surface area contributed by atoms with Crippen molar-refractivity contribution in [2.45, 2.75) is 0 Å². The highest BCUT2D eigenvalue weighted by atomic mass is 35.5. The minimum Gasteiger partial charge on any atom is -0.482 e. The lowest BCUT2D eigenvalue weighted by Crippen LogP contribution is -2.23. The minimum absolute atomic E-state index is 0.0129. The number of para-hydroxylation sites is 1. The van der Waals surface area contributed by atoms with E-state index in [-0.39, 0.29) is 27.7 Å². The van der Waals surface area contributed by atoms with E-state index < -0.39 is 29.2 Å². The number of nitro benzene ring substituents is 1. The van der Waals surface area contributed by atoms with Gasteiger partial charge in [-0.15, -0.1) is 0 Å². The summed E-state index contributed by atoms with van der Waals surface area (Å²) in [5, 5.41) is 15.9. The second-order valence-electron chi connectivity index (χ2n) is 6.22. The average molecular weight is 444 g/mol. The van der Waals surface area contributed by atoms with E-state index in [0.29, 0.717) is 5.69 Å². The molecule has 3 aromatic rings. The topological polar surface area (TPSA) is 111 Å². The molecule has 0 aromatic heterocycles. The molecular formula is C21H15ClFN3O5. The Bertz CT molecular complexity index is 1140. The van der Waals surface area contributed by atoms with Crippen LogP contribution in [0.5, 0.6) is 5.75 Å². The van der Waals surface area contributed by atoms with E-state index in [1.54, 1.807) is 12.1 Å². The number of halogens is 2. The number of benzene rings is 3. The van der Waals surface area contributed by atoms with Gasteiger partial charge in [0.05, 0.1) is 21.2 Å². The summed E-state index contributed by atoms with van der Waals surface area (Å²) < 4.78 is 18.3. The van der Waals surface area contributed by atoms with Crippen molar-refractivity contribution < 1.29 is 23.6 Å². The van der Waals surface area contributed by atoms with Gasteiger partial charge in [0.1, 0.15) is 11.6 Å². The van der Waals surface area contributed by atoms with Crippen LogP contribution in [-0.2, 0) is 4.79 Å². The third kappa shape index (κ3) is 5.77. The predicted molar refractivity (Wildman–Crippen MR) is 113 cm³/mol. The zero-order valence-corrected chi connectivity index (χ0v) is 16.6. The largest absolute Gasteiger partial charge is 0.482 e. The first-order valence-corrected chi connectivity index (χ1v) is 9.24. The van der Waals surface area contributed by atoms with E-state index in [0.717, 1.165) is 6.07 Å². The molecule has 2 N–H and O–H groups in total. The third-order valence-electron chi connectivity index (χ3n) is 4.03. The summed E-state index contributed by atoms with van der Waals surface area (Å²) in [6.45, 7) is -0.439. The number of carbonyl (C=O) groups is 2. The van der Waals surface area contributed by atoms with Crippen molar-refractivity contribution >= 4 is 40.5 Å². The molecule has 0 heterocycles. The molecule has 0 saturated carbocycles. The number of nitro groups is 1. The molecule has 0 atom stereocenters. The van der Waals surface area contributed by atoms with Crippen LogP contribution in [-0.4, -0.2) is 23.3 Å². The van der Waals surface area contributed by atoms with Crippen LogP contribution in [0, 0.1) is 15.9 Å². The van der Waals surface area contributed by atoms with Crippen molar-refractivity contribution in [2.24, 2.45) is 0 Å². The van der Waals surface area contributed by atoms with E-state index in [1.807, 2.05) is 0 Å². The van der Waals surface area contributed by atoms with Crippen molar-refractivity contribution in [3.05, 3.63) is 93.2 Å². The second-order valence-corrected chi connectivity index (χ2v) is 6.62. The zero-order chi connectivity index (χ0) is 22.4. The first kappa shape index (κ1) is 21.7. The molecule has 0 saturated heterocycles. The van der Waals surface area contributed by atoms with E-state index in [9.17, 15) is 24.1 Å². The Hall–Kier alpha value is -3.98. The molecule has 3 rings (SSSR count). The molecule has 0 radical (unpaired) electrons. The molecule has 8 nitrogen and oxygen atoms in total. The number of nitrogens with one attached hydrogen (secondary N) is 2. The van der Waals surface area contributed by atoms with Crippen LogP contribution >= 0.6 is 11.6 Å². The van der Waals surface area contributed by atoms with Gasteiger partial charge in [-0.2, -0.15) is 0 Å². The summed E-state index contributed by atoms with van der Waals surface area (Å²) >= 11 is 5.93. The van der Waals surface area contributed by atoms with Crippen LogP contribution in [0.1, 0.15) is 10.4 Å². The summed E-state index contributed by atoms with van der Waals surface area (Å²) in [5.41, 5.74) is 0.616. The van der Waals surface area contributed by atoms with Gasteiger partial charge in [-0.1, -0.05) is 23.7 Å². The van der Waals surface area contributed by atoms with Crippen LogP contribution in [0.4, 0.5) is 21.5 Å². The smallest absolute Gasteiger partial charge is 0.271 e. The fourth-order valence-electron chi connectivity index (χ4n) is 2.57. The van der Waals surface area contributed by atoms with Gasteiger partial charge >= 0.3 is 0 Å². The lowest BCUT2D eigenvalue weighted by Gasteiger charge is -2.12. The van der Waals surface area contributed by atoms with Gasteiger partial charge in [-0.3, -0.25) is 19.7 Å². The maximum atomic E-state index is 13.0. The minimum atomic E-state index is -0.601. The maximum Gasteiger partial charge on any atom is 0.271 e. The molecule has 0 unspecified atom stereocenters. The van der Waals surface area contributed by atoms with E-state index in [2.05, 4.69) is 10.6 Å². The molecule has 0 aliphatic carbocycles. The molecule has 0 aliphatic rings. The summed E-state index contributed by atoms with van der Waals surface area (Å²) in [6, 6.07) is 15.2. The highest BCUT2D eigenvalue weighted by Crippen LogP contribution is 2.28. The summed E-state index contributed by atoms with van der Waals surface area (Å²) in [6.07, 6.45) is 0. The first-order chi connectivity index (χ1) is 14.8. The number of ether oxygens (including phenoxy) is 1. The summed E-state index contributed by atoms with van der Waals surface area (Å²) in [5.74, 6) is -1.40. The van der Waals surface area contributed by atoms with Gasteiger partial charge in [0.2, 0.25) is 0 Å². The fraction of sp³-hybridized carbons (Fsp3) is 0.0476. The van der Waals surface area contributed by atoms with Crippen LogP contribution in [0.15, 0.2) is 66.7 Å². The third-order valence-corrected chi connectivity index (χ3v) is 4.33. The van der Waals surface area contributed by atoms with Gasteiger partial charge in [0.25, 0.3) is 17.5 Å². The van der Waals surface area contributed by atoms with Crippen molar-refractivity contribution in [3.8, 4) is 5.75 Å². The molecule has 158 valence electrons. The highest BCUT2D eigenvalue weighted by Gasteiger charge is 2.15. The Balaban J connectivity index is 1.65. The predicted octanol–water partition coefficient (Wildman–Crippen LogP) is 4.66. The molecule has 0 aliphatic heterocycles. The fourth-order valence-corrected chi connectivity index (χ4v) is 2.80. The summed E-state index contributed by atoms with van der Waals surface area (Å²) in [7, 11) is 0. The standard InChI is InChI=1S/C21H15ClFN3O5/c22-17-11-15(26(29)30)9-10-19(17)31-12-20(27)25-18-4-2-1-3-16(18)21(28)24-14-7-5-13(23)6-8-14/h1-11H,12H2,(H,24,28)(H,25,27). The molecule has 0 spiro atoms. The normalized spacial score (nSPS) is 10.3. The van der Waals surface area contributed by atoms with Crippen molar-refractivity contribution in [1.82, 2.24) is 0 Å².